The third-order valence-electron chi connectivity index (χ3n) is 4.69. The quantitative estimate of drug-likeness (QED) is 0.722. The van der Waals surface area contributed by atoms with Crippen LogP contribution in [-0.4, -0.2) is 20.9 Å². The Kier molecular flexibility index (Phi) is 4.32. The monoisotopic (exact) mass is 400 g/mol. The molecule has 0 spiro atoms. The van der Waals surface area contributed by atoms with Gasteiger partial charge in [-0.05, 0) is 42.1 Å². The number of benzene rings is 3. The average molecular weight is 401 g/mol. The lowest BCUT2D eigenvalue weighted by Gasteiger charge is -2.20. The summed E-state index contributed by atoms with van der Waals surface area (Å²) in [7, 11) is -3.75. The highest BCUT2D eigenvalue weighted by atomic mass is 35.5. The van der Waals surface area contributed by atoms with Gasteiger partial charge in [0.15, 0.2) is 0 Å². The van der Waals surface area contributed by atoms with Gasteiger partial charge in [-0.3, -0.25) is 9.10 Å². The summed E-state index contributed by atoms with van der Waals surface area (Å²) in [6, 6.07) is 17.4. The maximum Gasteiger partial charge on any atom is 0.265 e. The normalized spacial score (nSPS) is 15.7. The smallest absolute Gasteiger partial charge is 0.265 e. The van der Waals surface area contributed by atoms with Gasteiger partial charge in [0.05, 0.1) is 16.6 Å². The number of hydrogen-bond donors (Lipinski definition) is 1. The van der Waals surface area contributed by atoms with Gasteiger partial charge in [0.25, 0.3) is 10.0 Å². The predicted octanol–water partition coefficient (Wildman–Crippen LogP) is 3.88. The molecule has 0 aromatic heterocycles. The summed E-state index contributed by atoms with van der Waals surface area (Å²) in [6.45, 7) is 1.55. The molecule has 0 saturated carbocycles. The van der Waals surface area contributed by atoms with E-state index in [1.165, 1.54) is 4.31 Å². The molecule has 1 heterocycles. The van der Waals surface area contributed by atoms with Gasteiger partial charge in [0, 0.05) is 10.4 Å². The summed E-state index contributed by atoms with van der Waals surface area (Å²) in [6.07, 6.45) is 0. The molecule has 0 saturated heterocycles. The molecule has 7 heteroatoms. The Balaban J connectivity index is 1.60. The van der Waals surface area contributed by atoms with Gasteiger partial charge in [-0.1, -0.05) is 48.0 Å². The summed E-state index contributed by atoms with van der Waals surface area (Å²) in [4.78, 5) is 12.8. The minimum absolute atomic E-state index is 0.242. The van der Waals surface area contributed by atoms with E-state index in [0.717, 1.165) is 10.9 Å². The van der Waals surface area contributed by atoms with Gasteiger partial charge in [-0.15, -0.1) is 0 Å². The lowest BCUT2D eigenvalue weighted by molar-refractivity contribution is -0.120. The Morgan fingerprint density at radius 3 is 2.56 bits per heavy atom. The Morgan fingerprint density at radius 2 is 1.81 bits per heavy atom. The lowest BCUT2D eigenvalue weighted by Crippen LogP contribution is -2.39. The van der Waals surface area contributed by atoms with E-state index in [1.54, 1.807) is 36.4 Å². The van der Waals surface area contributed by atoms with Crippen molar-refractivity contribution in [3.63, 3.8) is 0 Å². The second-order valence-electron chi connectivity index (χ2n) is 6.49. The summed E-state index contributed by atoms with van der Waals surface area (Å²) in [5.74, 6) is -0.379. The van der Waals surface area contributed by atoms with E-state index in [9.17, 15) is 13.2 Å². The molecule has 1 atom stereocenters. The third-order valence-corrected chi connectivity index (χ3v) is 6.73. The number of nitrogens with one attached hydrogen (secondary N) is 1. The van der Waals surface area contributed by atoms with Crippen LogP contribution in [-0.2, 0) is 14.8 Å². The highest BCUT2D eigenvalue weighted by Crippen LogP contribution is 2.41. The zero-order valence-electron chi connectivity index (χ0n) is 14.5. The van der Waals surface area contributed by atoms with E-state index in [4.69, 9.17) is 11.6 Å². The maximum absolute atomic E-state index is 12.9. The SMILES string of the molecule is C[C@H](NC(=O)CN1c2cccc3cccc(c23)S1(=O)=O)c1cccc(Cl)c1. The van der Waals surface area contributed by atoms with Crippen molar-refractivity contribution in [3.8, 4) is 0 Å². The first-order chi connectivity index (χ1) is 12.9. The molecule has 0 aliphatic carbocycles. The fourth-order valence-electron chi connectivity index (χ4n) is 3.41. The number of anilines is 1. The standard InChI is InChI=1S/C20H17ClN2O3S/c1-13(15-7-2-8-16(21)11-15)22-19(24)12-23-17-9-3-5-14-6-4-10-18(20(14)17)27(23,25)26/h2-11,13H,12H2,1H3,(H,22,24)/t13-/m0/s1. The Bertz CT molecular complexity index is 1160. The van der Waals surface area contributed by atoms with Crippen molar-refractivity contribution >= 4 is 44.0 Å². The molecule has 0 bridgehead atoms. The van der Waals surface area contributed by atoms with Crippen LogP contribution in [0.5, 0.6) is 0 Å². The van der Waals surface area contributed by atoms with Gasteiger partial charge in [0.2, 0.25) is 5.91 Å². The fourth-order valence-corrected chi connectivity index (χ4v) is 5.27. The molecule has 27 heavy (non-hydrogen) atoms. The van der Waals surface area contributed by atoms with Crippen molar-refractivity contribution in [1.82, 2.24) is 5.32 Å². The molecular weight excluding hydrogens is 384 g/mol. The van der Waals surface area contributed by atoms with E-state index in [1.807, 2.05) is 31.2 Å². The molecule has 1 N–H and O–H groups in total. The van der Waals surface area contributed by atoms with Crippen LogP contribution in [0.4, 0.5) is 5.69 Å². The number of sulfonamides is 1. The minimum Gasteiger partial charge on any atom is -0.348 e. The number of halogens is 1. The molecular formula is C20H17ClN2O3S. The molecule has 0 fully saturated rings. The molecule has 3 aromatic carbocycles. The van der Waals surface area contributed by atoms with Crippen molar-refractivity contribution in [2.24, 2.45) is 0 Å². The van der Waals surface area contributed by atoms with Gasteiger partial charge >= 0.3 is 0 Å². The van der Waals surface area contributed by atoms with Gasteiger partial charge in [-0.2, -0.15) is 0 Å². The molecule has 4 rings (SSSR count). The van der Waals surface area contributed by atoms with E-state index >= 15 is 0 Å². The molecule has 138 valence electrons. The second-order valence-corrected chi connectivity index (χ2v) is 8.75. The first-order valence-corrected chi connectivity index (χ1v) is 10.3. The van der Waals surface area contributed by atoms with Crippen LogP contribution in [0.3, 0.4) is 0 Å². The lowest BCUT2D eigenvalue weighted by atomic mass is 10.1. The Labute approximate surface area is 162 Å². The van der Waals surface area contributed by atoms with E-state index in [2.05, 4.69) is 5.32 Å². The van der Waals surface area contributed by atoms with Crippen LogP contribution in [0.15, 0.2) is 65.6 Å². The summed E-state index contributed by atoms with van der Waals surface area (Å²) < 4.78 is 27.0. The molecule has 0 unspecified atom stereocenters. The number of nitrogens with zero attached hydrogens (tertiary/aromatic N) is 1. The van der Waals surface area contributed by atoms with Gasteiger partial charge < -0.3 is 5.32 Å². The van der Waals surface area contributed by atoms with Crippen molar-refractivity contribution in [2.75, 3.05) is 10.8 Å². The fraction of sp³-hybridized carbons (Fsp3) is 0.150. The zero-order chi connectivity index (χ0) is 19.2. The van der Waals surface area contributed by atoms with Crippen molar-refractivity contribution in [2.45, 2.75) is 17.9 Å². The first-order valence-electron chi connectivity index (χ1n) is 8.47. The number of hydrogen-bond acceptors (Lipinski definition) is 3. The van der Waals surface area contributed by atoms with E-state index in [0.29, 0.717) is 16.1 Å². The van der Waals surface area contributed by atoms with Crippen LogP contribution in [0, 0.1) is 0 Å². The topological polar surface area (TPSA) is 66.5 Å². The second kappa shape index (κ2) is 6.55. The Morgan fingerprint density at radius 1 is 1.11 bits per heavy atom. The summed E-state index contributed by atoms with van der Waals surface area (Å²) in [5, 5.41) is 4.92. The van der Waals surface area contributed by atoms with Crippen LogP contribution < -0.4 is 9.62 Å². The van der Waals surface area contributed by atoms with Crippen LogP contribution in [0.2, 0.25) is 5.02 Å². The summed E-state index contributed by atoms with van der Waals surface area (Å²) >= 11 is 6.00. The number of carbonyl (C=O) groups is 1. The molecule has 1 aliphatic heterocycles. The highest BCUT2D eigenvalue weighted by Gasteiger charge is 2.36. The molecule has 3 aromatic rings. The van der Waals surface area contributed by atoms with E-state index < -0.39 is 10.0 Å². The predicted molar refractivity (Wildman–Crippen MR) is 106 cm³/mol. The van der Waals surface area contributed by atoms with Crippen LogP contribution >= 0.6 is 11.6 Å². The van der Waals surface area contributed by atoms with Crippen molar-refractivity contribution in [3.05, 3.63) is 71.2 Å². The third kappa shape index (κ3) is 3.05. The zero-order valence-corrected chi connectivity index (χ0v) is 16.1. The minimum atomic E-state index is -3.75. The summed E-state index contributed by atoms with van der Waals surface area (Å²) in [5.41, 5.74) is 1.39. The molecule has 0 radical (unpaired) electrons. The molecule has 1 amide bonds. The first kappa shape index (κ1) is 17.8. The van der Waals surface area contributed by atoms with E-state index in [-0.39, 0.29) is 23.4 Å². The van der Waals surface area contributed by atoms with Crippen LogP contribution in [0.25, 0.3) is 10.8 Å². The van der Waals surface area contributed by atoms with Gasteiger partial charge in [-0.25, -0.2) is 8.42 Å². The van der Waals surface area contributed by atoms with Crippen LogP contribution in [0.1, 0.15) is 18.5 Å². The van der Waals surface area contributed by atoms with Crippen molar-refractivity contribution < 1.29 is 13.2 Å². The highest BCUT2D eigenvalue weighted by molar-refractivity contribution is 7.93. The maximum atomic E-state index is 12.9. The Hall–Kier alpha value is -2.57. The number of carbonyl (C=O) groups excluding carboxylic acids is 1. The number of amides is 1. The molecule has 1 aliphatic rings. The van der Waals surface area contributed by atoms with Crippen molar-refractivity contribution in [1.29, 1.82) is 0 Å². The molecule has 5 nitrogen and oxygen atoms in total. The van der Waals surface area contributed by atoms with Gasteiger partial charge in [0.1, 0.15) is 6.54 Å². The number of rotatable bonds is 4. The average Bonchev–Trinajstić information content (AvgIpc) is 2.85. The largest absolute Gasteiger partial charge is 0.348 e.